The molecule has 2 aromatic heterocycles. The molecule has 0 saturated carbocycles. The van der Waals surface area contributed by atoms with Crippen LogP contribution >= 0.6 is 11.6 Å². The van der Waals surface area contributed by atoms with E-state index in [-0.39, 0.29) is 55.3 Å². The molecule has 4 fully saturated rings. The number of rotatable bonds is 15. The second-order valence-corrected chi connectivity index (χ2v) is 24.1. The molecule has 18 nitrogen and oxygen atoms in total. The van der Waals surface area contributed by atoms with Crippen molar-refractivity contribution in [3.63, 3.8) is 0 Å². The van der Waals surface area contributed by atoms with Crippen LogP contribution in [0.5, 0.6) is 12.0 Å². The summed E-state index contributed by atoms with van der Waals surface area (Å²) >= 11 is 7.18. The van der Waals surface area contributed by atoms with Crippen molar-refractivity contribution in [3.05, 3.63) is 130 Å². The van der Waals surface area contributed by atoms with Gasteiger partial charge < -0.3 is 43.8 Å². The Balaban J connectivity index is 0.817. The van der Waals surface area contributed by atoms with Gasteiger partial charge in [-0.2, -0.15) is 30.5 Å². The summed E-state index contributed by atoms with van der Waals surface area (Å²) in [6.45, 7) is 16.5. The Morgan fingerprint density at radius 1 is 0.694 bits per heavy atom. The number of anilines is 4. The number of benzene rings is 4. The number of carbonyl (C=O) groups is 2. The maximum Gasteiger partial charge on any atom is 0.318 e. The fraction of sp³-hybridized carbons (Fsp3) is 0.446. The Labute approximate surface area is 501 Å². The first-order chi connectivity index (χ1) is 41.3. The Kier molecular flexibility index (Phi) is 16.5. The molecule has 0 bridgehead atoms. The highest BCUT2D eigenvalue weighted by Gasteiger charge is 2.38. The first kappa shape index (κ1) is 57.3. The van der Waals surface area contributed by atoms with Crippen LogP contribution in [0.3, 0.4) is 0 Å². The average Bonchev–Trinajstić information content (AvgIpc) is 2.14. The van der Waals surface area contributed by atoms with Gasteiger partial charge in [0.25, 0.3) is 5.91 Å². The van der Waals surface area contributed by atoms with E-state index in [4.69, 9.17) is 41.0 Å². The molecule has 5 atom stereocenters. The summed E-state index contributed by atoms with van der Waals surface area (Å²) in [7, 11) is 4.26. The second kappa shape index (κ2) is 24.5. The zero-order valence-corrected chi connectivity index (χ0v) is 49.5. The Hall–Kier alpha value is -8.10. The molecule has 440 valence electrons. The molecule has 4 aromatic carbocycles. The van der Waals surface area contributed by atoms with E-state index in [1.807, 2.05) is 12.1 Å². The lowest BCUT2D eigenvalue weighted by Crippen LogP contribution is -2.55. The number of likely N-dealkylation sites (N-methyl/N-ethyl adjacent to an activating group) is 2. The largest absolute Gasteiger partial charge is 0.462 e. The lowest BCUT2D eigenvalue weighted by molar-refractivity contribution is -0.131. The normalized spacial score (nSPS) is 21.8. The van der Waals surface area contributed by atoms with Crippen LogP contribution in [0.1, 0.15) is 71.7 Å². The van der Waals surface area contributed by atoms with Gasteiger partial charge in [0.05, 0.1) is 66.6 Å². The van der Waals surface area contributed by atoms with Gasteiger partial charge in [-0.1, -0.05) is 73.3 Å². The van der Waals surface area contributed by atoms with E-state index < -0.39 is 17.8 Å². The minimum atomic E-state index is -1.04. The number of nitrogens with zero attached hydrogens (tertiary/aromatic N) is 14. The third-order valence-electron chi connectivity index (χ3n) is 18.6. The van der Waals surface area contributed by atoms with Crippen LogP contribution in [0.2, 0.25) is 5.02 Å². The van der Waals surface area contributed by atoms with E-state index in [9.17, 15) is 24.5 Å². The number of likely N-dealkylation sites (tertiary alicyclic amines) is 2. The molecule has 0 radical (unpaired) electrons. The number of amides is 2. The third kappa shape index (κ3) is 11.5. The Morgan fingerprint density at radius 2 is 1.29 bits per heavy atom. The molecular formula is C65H72ClFN14O4. The van der Waals surface area contributed by atoms with Crippen LogP contribution in [0.25, 0.3) is 21.5 Å². The van der Waals surface area contributed by atoms with Crippen LogP contribution in [-0.2, 0) is 35.5 Å². The van der Waals surface area contributed by atoms with Crippen LogP contribution in [-0.4, -0.2) is 168 Å². The highest BCUT2D eigenvalue weighted by atomic mass is 35.5. The topological polar surface area (TPSA) is 178 Å². The van der Waals surface area contributed by atoms with Gasteiger partial charge in [0.2, 0.25) is 5.91 Å². The Bertz CT molecular complexity index is 3680. The molecule has 6 aliphatic heterocycles. The molecule has 2 amide bonds. The third-order valence-corrected chi connectivity index (χ3v) is 18.9. The van der Waals surface area contributed by atoms with Crippen molar-refractivity contribution in [2.45, 2.75) is 95.0 Å². The molecule has 6 aromatic rings. The molecule has 0 aliphatic carbocycles. The van der Waals surface area contributed by atoms with E-state index in [0.29, 0.717) is 95.3 Å². The van der Waals surface area contributed by atoms with E-state index >= 15 is 0 Å². The van der Waals surface area contributed by atoms with Crippen molar-refractivity contribution in [2.24, 2.45) is 0 Å². The predicted octanol–water partition coefficient (Wildman–Crippen LogP) is 8.53. The molecule has 4 saturated heterocycles. The number of hydrogen-bond donors (Lipinski definition) is 0. The molecular weight excluding hydrogens is 1100 g/mol. The highest BCUT2D eigenvalue weighted by Crippen LogP contribution is 2.43. The molecule has 1 unspecified atom stereocenters. The zero-order valence-electron chi connectivity index (χ0n) is 48.7. The van der Waals surface area contributed by atoms with Gasteiger partial charge in [0.15, 0.2) is 5.83 Å². The van der Waals surface area contributed by atoms with Gasteiger partial charge in [-0.15, -0.1) is 0 Å². The molecule has 0 spiro atoms. The number of piperazine rings is 2. The number of aryl methyl sites for hydroxylation is 1. The summed E-state index contributed by atoms with van der Waals surface area (Å²) in [6.07, 6.45) is 5.82. The fourth-order valence-electron chi connectivity index (χ4n) is 14.0. The summed E-state index contributed by atoms with van der Waals surface area (Å²) in [6, 6.07) is 28.1. The maximum atomic E-state index is 14.2. The van der Waals surface area contributed by atoms with Gasteiger partial charge in [-0.05, 0) is 112 Å². The quantitative estimate of drug-likeness (QED) is 0.0893. The van der Waals surface area contributed by atoms with Crippen molar-refractivity contribution in [1.82, 2.24) is 39.5 Å². The summed E-state index contributed by atoms with van der Waals surface area (Å²) in [5, 5.41) is 24.8. The molecule has 6 aliphatic rings. The fourth-order valence-corrected chi connectivity index (χ4v) is 14.3. The number of halogens is 2. The van der Waals surface area contributed by atoms with Crippen molar-refractivity contribution in [3.8, 4) is 24.2 Å². The summed E-state index contributed by atoms with van der Waals surface area (Å²) in [4.78, 5) is 63.4. The van der Waals surface area contributed by atoms with Crippen molar-refractivity contribution < 1.29 is 23.5 Å². The number of aromatic nitrogens is 4. The van der Waals surface area contributed by atoms with Crippen molar-refractivity contribution >= 4 is 68.0 Å². The second-order valence-electron chi connectivity index (χ2n) is 23.7. The zero-order chi connectivity index (χ0) is 59.0. The van der Waals surface area contributed by atoms with Crippen LogP contribution in [0.4, 0.5) is 27.4 Å². The van der Waals surface area contributed by atoms with Crippen molar-refractivity contribution in [2.75, 3.05) is 112 Å². The van der Waals surface area contributed by atoms with Gasteiger partial charge in [0, 0.05) is 104 Å². The first-order valence-corrected chi connectivity index (χ1v) is 30.1. The minimum Gasteiger partial charge on any atom is -0.462 e. The molecule has 8 heterocycles. The monoisotopic (exact) mass is 1170 g/mol. The molecule has 12 rings (SSSR count). The number of carbonyl (C=O) groups excluding carboxylic acids is 2. The smallest absolute Gasteiger partial charge is 0.318 e. The van der Waals surface area contributed by atoms with E-state index in [0.717, 1.165) is 83.7 Å². The van der Waals surface area contributed by atoms with Gasteiger partial charge in [0.1, 0.15) is 24.8 Å². The van der Waals surface area contributed by atoms with E-state index in [1.54, 1.807) is 4.90 Å². The number of hydrogen-bond acceptors (Lipinski definition) is 16. The number of nitriles is 2. The lowest BCUT2D eigenvalue weighted by Gasteiger charge is -2.42. The lowest BCUT2D eigenvalue weighted by atomic mass is 9.92. The SMILES string of the molecule is C=CC(=O)N1CCN(c2nc(OC[C@@H]3CC(c4cc(N5CCc6c(nc(OC[C@@H]7CCCN7C)nc6N6CCN(C(=O)C(=C)F)[C@@H](CC#N)C6)C5)c5c(Cl)cccc5c4)CN3C)nc3c2CCN(c2cccc4cccc(C)c24)C3)C[C@@H]1CC#N. The molecule has 85 heavy (non-hydrogen) atoms. The number of fused-ring (bicyclic) bond motifs is 4. The average molecular weight is 1170 g/mol. The standard InChI is InChI=1S/C65H72ClFN14O4/c1-6-58(82)80-29-27-78(35-47(80)18-22-68)61-51-20-25-76(56-17-9-13-43-12-7-11-41(2)59(43)56)37-54(51)70-65(73-61)85-40-50-32-46(34-75(50)5)45-31-44-14-8-16-53(66)60(44)57(33-45)77-26-21-52-55(38-77)71-64(84-39-49-15-10-24-74(49)4)72-62(52)79-28-30-81(63(83)42(3)67)48(36-79)19-23-69/h6-9,11-14,16-17,31,33,46-50H,1,3,10,15,18-21,24-30,32,34-40H2,2,4-5H3/t46?,47-,48-,49-,50-/m0/s1. The van der Waals surface area contributed by atoms with Gasteiger partial charge in [-0.25, -0.2) is 4.39 Å². The summed E-state index contributed by atoms with van der Waals surface area (Å²) in [5.41, 5.74) is 8.38. The maximum absolute atomic E-state index is 14.2. The first-order valence-electron chi connectivity index (χ1n) is 29.8. The summed E-state index contributed by atoms with van der Waals surface area (Å²) < 4.78 is 27.5. The van der Waals surface area contributed by atoms with Crippen LogP contribution < -0.4 is 29.1 Å². The highest BCUT2D eigenvalue weighted by molar-refractivity contribution is 6.36. The van der Waals surface area contributed by atoms with Gasteiger partial charge in [-0.3, -0.25) is 14.5 Å². The van der Waals surface area contributed by atoms with E-state index in [1.165, 1.54) is 38.6 Å². The summed E-state index contributed by atoms with van der Waals surface area (Å²) in [5.74, 6) is -0.340. The molecule has 0 N–H and O–H groups in total. The van der Waals surface area contributed by atoms with Crippen LogP contribution in [0, 0.1) is 29.6 Å². The van der Waals surface area contributed by atoms with Gasteiger partial charge >= 0.3 is 12.0 Å². The van der Waals surface area contributed by atoms with Crippen LogP contribution in [0.15, 0.2) is 91.8 Å². The van der Waals surface area contributed by atoms with Crippen molar-refractivity contribution in [1.29, 1.82) is 10.5 Å². The predicted molar refractivity (Wildman–Crippen MR) is 328 cm³/mol. The molecule has 20 heteroatoms. The number of ether oxygens (including phenoxy) is 2. The van der Waals surface area contributed by atoms with E-state index in [2.05, 4.69) is 130 Å². The minimum absolute atomic E-state index is 0.0334. The Morgan fingerprint density at radius 3 is 1.92 bits per heavy atom.